The maximum Gasteiger partial charge on any atom is 0.0635 e. The normalized spacial score (nSPS) is 15.2. The molecule has 0 saturated carbocycles. The van der Waals surface area contributed by atoms with Gasteiger partial charge < -0.3 is 15.4 Å². The fourth-order valence-electron chi connectivity index (χ4n) is 0.780. The van der Waals surface area contributed by atoms with Crippen LogP contribution < -0.4 is 5.73 Å². The Morgan fingerprint density at radius 3 is 2.25 bits per heavy atom. The maximum absolute atomic E-state index is 5.97. The molecule has 2 N–H and O–H groups in total. The molecule has 0 radical (unpaired) electrons. The van der Waals surface area contributed by atoms with Crippen molar-refractivity contribution in [3.05, 3.63) is 0 Å². The summed E-state index contributed by atoms with van der Waals surface area (Å²) in [5.74, 6) is 0. The molecule has 74 valence electrons. The summed E-state index contributed by atoms with van der Waals surface area (Å²) in [5.41, 5.74) is 5.97. The molecule has 0 bridgehead atoms. The first kappa shape index (κ1) is 11.9. The highest BCUT2D eigenvalue weighted by Crippen LogP contribution is 2.13. The predicted octanol–water partition coefficient (Wildman–Crippen LogP) is 0.690. The lowest BCUT2D eigenvalue weighted by atomic mass is 9.95. The molecule has 3 heteroatoms. The first-order chi connectivity index (χ1) is 5.42. The van der Waals surface area contributed by atoms with Gasteiger partial charge in [0.25, 0.3) is 0 Å². The second-order valence-electron chi connectivity index (χ2n) is 3.81. The highest BCUT2D eigenvalue weighted by atomic mass is 16.5. The number of ether oxygens (including phenoxy) is 1. The molecular formula is C9H22N2O. The van der Waals surface area contributed by atoms with Gasteiger partial charge in [-0.25, -0.2) is 0 Å². The van der Waals surface area contributed by atoms with Crippen LogP contribution in [0.1, 0.15) is 20.8 Å². The molecule has 0 fully saturated rings. The van der Waals surface area contributed by atoms with Crippen molar-refractivity contribution in [3.63, 3.8) is 0 Å². The van der Waals surface area contributed by atoms with Crippen LogP contribution in [0, 0.1) is 0 Å². The summed E-state index contributed by atoms with van der Waals surface area (Å²) in [7, 11) is 4.07. The number of hydrogen-bond donors (Lipinski definition) is 1. The van der Waals surface area contributed by atoms with Crippen LogP contribution in [0.2, 0.25) is 0 Å². The van der Waals surface area contributed by atoms with Gasteiger partial charge in [-0.2, -0.15) is 0 Å². The monoisotopic (exact) mass is 174 g/mol. The molecule has 0 saturated heterocycles. The first-order valence-electron chi connectivity index (χ1n) is 4.43. The first-order valence-corrected chi connectivity index (χ1v) is 4.43. The van der Waals surface area contributed by atoms with Gasteiger partial charge in [-0.05, 0) is 34.9 Å². The Kier molecular flexibility index (Phi) is 4.75. The Balaban J connectivity index is 3.97. The van der Waals surface area contributed by atoms with Crippen molar-refractivity contribution in [1.82, 2.24) is 4.90 Å². The molecule has 0 aliphatic carbocycles. The summed E-state index contributed by atoms with van der Waals surface area (Å²) in [5, 5.41) is 0. The Morgan fingerprint density at radius 1 is 1.42 bits per heavy atom. The quantitative estimate of drug-likeness (QED) is 0.666. The average molecular weight is 174 g/mol. The van der Waals surface area contributed by atoms with E-state index in [0.717, 1.165) is 6.61 Å². The Labute approximate surface area is 75.9 Å². The summed E-state index contributed by atoms with van der Waals surface area (Å²) in [6, 6.07) is 0.0625. The van der Waals surface area contributed by atoms with E-state index in [1.165, 1.54) is 0 Å². The number of rotatable bonds is 5. The molecule has 12 heavy (non-hydrogen) atoms. The Morgan fingerprint density at radius 2 is 1.92 bits per heavy atom. The molecule has 3 nitrogen and oxygen atoms in total. The van der Waals surface area contributed by atoms with Gasteiger partial charge in [0.05, 0.1) is 6.61 Å². The van der Waals surface area contributed by atoms with E-state index in [4.69, 9.17) is 10.5 Å². The van der Waals surface area contributed by atoms with E-state index in [9.17, 15) is 0 Å². The molecule has 0 aromatic heterocycles. The summed E-state index contributed by atoms with van der Waals surface area (Å²) < 4.78 is 5.28. The third kappa shape index (κ3) is 3.09. The van der Waals surface area contributed by atoms with Crippen LogP contribution in [0.15, 0.2) is 0 Å². The van der Waals surface area contributed by atoms with Gasteiger partial charge in [-0.3, -0.25) is 0 Å². The Bertz CT molecular complexity index is 124. The van der Waals surface area contributed by atoms with Gasteiger partial charge in [0.2, 0.25) is 0 Å². The van der Waals surface area contributed by atoms with E-state index in [1.54, 1.807) is 0 Å². The van der Waals surface area contributed by atoms with E-state index in [-0.39, 0.29) is 11.6 Å². The SMILES string of the molecule is CCOCC(N)C(C)(C)N(C)C. The van der Waals surface area contributed by atoms with Crippen LogP contribution in [-0.4, -0.2) is 43.8 Å². The van der Waals surface area contributed by atoms with Crippen molar-refractivity contribution in [2.75, 3.05) is 27.3 Å². The molecule has 0 aliphatic rings. The molecule has 1 unspecified atom stereocenters. The second-order valence-corrected chi connectivity index (χ2v) is 3.81. The number of hydrogen-bond acceptors (Lipinski definition) is 3. The van der Waals surface area contributed by atoms with E-state index in [0.29, 0.717) is 6.61 Å². The van der Waals surface area contributed by atoms with Crippen molar-refractivity contribution in [2.45, 2.75) is 32.4 Å². The van der Waals surface area contributed by atoms with Gasteiger partial charge in [0.15, 0.2) is 0 Å². The van der Waals surface area contributed by atoms with Gasteiger partial charge in [0, 0.05) is 18.2 Å². The van der Waals surface area contributed by atoms with E-state index in [2.05, 4.69) is 18.7 Å². The third-order valence-corrected chi connectivity index (χ3v) is 2.56. The number of nitrogens with two attached hydrogens (primary N) is 1. The lowest BCUT2D eigenvalue weighted by Crippen LogP contribution is -2.55. The van der Waals surface area contributed by atoms with Crippen LogP contribution in [0.25, 0.3) is 0 Å². The van der Waals surface area contributed by atoms with E-state index >= 15 is 0 Å². The number of likely N-dealkylation sites (N-methyl/N-ethyl adjacent to an activating group) is 1. The molecule has 0 amide bonds. The standard InChI is InChI=1S/C9H22N2O/c1-6-12-7-8(10)9(2,3)11(4)5/h8H,6-7,10H2,1-5H3. The van der Waals surface area contributed by atoms with Crippen molar-refractivity contribution < 1.29 is 4.74 Å². The average Bonchev–Trinajstić information content (AvgIpc) is 1.99. The topological polar surface area (TPSA) is 38.5 Å². The zero-order valence-electron chi connectivity index (χ0n) is 8.92. The molecule has 1 atom stereocenters. The summed E-state index contributed by atoms with van der Waals surface area (Å²) >= 11 is 0. The predicted molar refractivity (Wildman–Crippen MR) is 52.2 cm³/mol. The van der Waals surface area contributed by atoms with Gasteiger partial charge in [-0.1, -0.05) is 0 Å². The van der Waals surface area contributed by atoms with E-state index in [1.807, 2.05) is 21.0 Å². The van der Waals surface area contributed by atoms with Crippen LogP contribution in [0.5, 0.6) is 0 Å². The molecule has 0 spiro atoms. The number of nitrogens with zero attached hydrogens (tertiary/aromatic N) is 1. The third-order valence-electron chi connectivity index (χ3n) is 2.56. The Hall–Kier alpha value is -0.120. The molecule has 0 aliphatic heterocycles. The van der Waals surface area contributed by atoms with Crippen LogP contribution >= 0.6 is 0 Å². The minimum atomic E-state index is -0.00479. The molecule has 0 heterocycles. The second kappa shape index (κ2) is 4.80. The minimum Gasteiger partial charge on any atom is -0.380 e. The lowest BCUT2D eigenvalue weighted by Gasteiger charge is -2.37. The van der Waals surface area contributed by atoms with Crippen LogP contribution in [0.4, 0.5) is 0 Å². The van der Waals surface area contributed by atoms with Crippen LogP contribution in [-0.2, 0) is 4.74 Å². The molecule has 0 rings (SSSR count). The zero-order chi connectivity index (χ0) is 9.78. The highest BCUT2D eigenvalue weighted by molar-refractivity contribution is 4.88. The molecule has 0 aromatic carbocycles. The van der Waals surface area contributed by atoms with E-state index < -0.39 is 0 Å². The smallest absolute Gasteiger partial charge is 0.0635 e. The van der Waals surface area contributed by atoms with Crippen LogP contribution in [0.3, 0.4) is 0 Å². The maximum atomic E-state index is 5.97. The molecular weight excluding hydrogens is 152 g/mol. The molecule has 0 aromatic rings. The zero-order valence-corrected chi connectivity index (χ0v) is 8.92. The van der Waals surface area contributed by atoms with Gasteiger partial charge >= 0.3 is 0 Å². The summed E-state index contributed by atoms with van der Waals surface area (Å²) in [6.45, 7) is 7.58. The fraction of sp³-hybridized carbons (Fsp3) is 1.00. The van der Waals surface area contributed by atoms with Crippen molar-refractivity contribution >= 4 is 0 Å². The summed E-state index contributed by atoms with van der Waals surface area (Å²) in [4.78, 5) is 2.12. The summed E-state index contributed by atoms with van der Waals surface area (Å²) in [6.07, 6.45) is 0. The minimum absolute atomic E-state index is 0.00479. The largest absolute Gasteiger partial charge is 0.380 e. The lowest BCUT2D eigenvalue weighted by molar-refractivity contribution is 0.0695. The van der Waals surface area contributed by atoms with Crippen molar-refractivity contribution in [2.24, 2.45) is 5.73 Å². The fourth-order valence-corrected chi connectivity index (χ4v) is 0.780. The van der Waals surface area contributed by atoms with Gasteiger partial charge in [-0.15, -0.1) is 0 Å². The van der Waals surface area contributed by atoms with Crippen molar-refractivity contribution in [1.29, 1.82) is 0 Å². The van der Waals surface area contributed by atoms with Gasteiger partial charge in [0.1, 0.15) is 0 Å². The van der Waals surface area contributed by atoms with Crippen molar-refractivity contribution in [3.8, 4) is 0 Å². The highest BCUT2D eigenvalue weighted by Gasteiger charge is 2.28.